The third-order valence-corrected chi connectivity index (χ3v) is 1.92. The predicted molar refractivity (Wildman–Crippen MR) is 76.3 cm³/mol. The highest BCUT2D eigenvalue weighted by molar-refractivity contribution is 5.85. The van der Waals surface area contributed by atoms with Crippen LogP contribution >= 0.6 is 24.8 Å². The van der Waals surface area contributed by atoms with Crippen LogP contribution in [0.15, 0.2) is 12.7 Å². The van der Waals surface area contributed by atoms with Crippen molar-refractivity contribution in [2.45, 2.75) is 19.3 Å². The molecule has 104 valence electrons. The minimum absolute atomic E-state index is 0. The average molecular weight is 287 g/mol. The molecule has 0 unspecified atom stereocenters. The number of methoxy groups -OCH3 is 1. The zero-order valence-electron chi connectivity index (χ0n) is 10.4. The second-order valence-corrected chi connectivity index (χ2v) is 3.27. The van der Waals surface area contributed by atoms with Crippen LogP contribution in [0.3, 0.4) is 0 Å². The first-order valence-corrected chi connectivity index (χ1v) is 5.38. The van der Waals surface area contributed by atoms with E-state index in [1.807, 2.05) is 6.08 Å². The smallest absolute Gasteiger partial charge is 0.220 e. The number of unbranched alkanes of at least 4 members (excludes halogenated alkanes) is 1. The Hall–Kier alpha value is -0.290. The highest BCUT2D eigenvalue weighted by atomic mass is 35.5. The number of amides is 1. The van der Waals surface area contributed by atoms with Crippen LogP contribution in [0.25, 0.3) is 0 Å². The summed E-state index contributed by atoms with van der Waals surface area (Å²) in [4.78, 5) is 11.2. The van der Waals surface area contributed by atoms with E-state index in [9.17, 15) is 4.79 Å². The molecule has 0 radical (unpaired) electrons. The maximum Gasteiger partial charge on any atom is 0.220 e. The normalized spacial score (nSPS) is 8.76. The summed E-state index contributed by atoms with van der Waals surface area (Å²) in [6.07, 6.45) is 4.20. The zero-order chi connectivity index (χ0) is 11.4. The lowest BCUT2D eigenvalue weighted by molar-refractivity contribution is -0.121. The van der Waals surface area contributed by atoms with Gasteiger partial charge < -0.3 is 15.4 Å². The van der Waals surface area contributed by atoms with E-state index in [4.69, 9.17) is 4.74 Å². The van der Waals surface area contributed by atoms with E-state index in [-0.39, 0.29) is 30.7 Å². The summed E-state index contributed by atoms with van der Waals surface area (Å²) < 4.78 is 4.88. The Morgan fingerprint density at radius 2 is 2.00 bits per heavy atom. The molecule has 1 amide bonds. The maximum atomic E-state index is 11.2. The molecule has 0 aromatic carbocycles. The van der Waals surface area contributed by atoms with Crippen LogP contribution in [0.5, 0.6) is 0 Å². The summed E-state index contributed by atoms with van der Waals surface area (Å²) in [5.74, 6) is 0.116. The summed E-state index contributed by atoms with van der Waals surface area (Å²) in [5, 5.41) is 5.99. The number of halogens is 2. The molecule has 6 heteroatoms. The second kappa shape index (κ2) is 18.1. The summed E-state index contributed by atoms with van der Waals surface area (Å²) in [6.45, 7) is 6.60. The summed E-state index contributed by atoms with van der Waals surface area (Å²) in [5.41, 5.74) is 0. The van der Waals surface area contributed by atoms with Gasteiger partial charge in [0, 0.05) is 33.2 Å². The molecule has 17 heavy (non-hydrogen) atoms. The molecule has 0 saturated carbocycles. The van der Waals surface area contributed by atoms with Crippen molar-refractivity contribution < 1.29 is 9.53 Å². The molecule has 4 nitrogen and oxygen atoms in total. The van der Waals surface area contributed by atoms with E-state index in [1.54, 1.807) is 7.11 Å². The highest BCUT2D eigenvalue weighted by Crippen LogP contribution is 1.94. The van der Waals surface area contributed by atoms with Crippen molar-refractivity contribution in [3.05, 3.63) is 12.7 Å². The number of carbonyl (C=O) groups is 1. The summed E-state index contributed by atoms with van der Waals surface area (Å²) in [7, 11) is 1.67. The minimum atomic E-state index is 0. The average Bonchev–Trinajstić information content (AvgIpc) is 2.23. The number of nitrogens with one attached hydrogen (secondary N) is 2. The van der Waals surface area contributed by atoms with Crippen molar-refractivity contribution in [1.82, 2.24) is 10.6 Å². The number of ether oxygens (including phenoxy) is 1. The first-order valence-electron chi connectivity index (χ1n) is 5.38. The molecular weight excluding hydrogens is 263 g/mol. The molecule has 0 spiro atoms. The Kier molecular flexibility index (Phi) is 23.3. The molecule has 0 bridgehead atoms. The van der Waals surface area contributed by atoms with E-state index < -0.39 is 0 Å². The molecule has 0 fully saturated rings. The third kappa shape index (κ3) is 18.3. The van der Waals surface area contributed by atoms with Crippen LogP contribution in [0.2, 0.25) is 0 Å². The number of hydrogen-bond acceptors (Lipinski definition) is 3. The van der Waals surface area contributed by atoms with Gasteiger partial charge in [0.2, 0.25) is 5.91 Å². The SMILES string of the molecule is C=CCCCC(=O)NCCNCCOC.Cl.Cl. The fourth-order valence-electron chi connectivity index (χ4n) is 1.08. The maximum absolute atomic E-state index is 11.2. The van der Waals surface area contributed by atoms with Crippen molar-refractivity contribution in [3.63, 3.8) is 0 Å². The Balaban J connectivity index is -0.000000980. The van der Waals surface area contributed by atoms with Crippen LogP contribution in [-0.2, 0) is 9.53 Å². The molecule has 0 saturated heterocycles. The van der Waals surface area contributed by atoms with Crippen molar-refractivity contribution in [3.8, 4) is 0 Å². The number of carbonyl (C=O) groups excluding carboxylic acids is 1. The van der Waals surface area contributed by atoms with Crippen LogP contribution in [0.4, 0.5) is 0 Å². The quantitative estimate of drug-likeness (QED) is 0.473. The zero-order valence-corrected chi connectivity index (χ0v) is 12.0. The fraction of sp³-hybridized carbons (Fsp3) is 0.727. The van der Waals surface area contributed by atoms with Crippen molar-refractivity contribution in [2.24, 2.45) is 0 Å². The molecule has 0 aromatic heterocycles. The minimum Gasteiger partial charge on any atom is -0.383 e. The molecule has 2 N–H and O–H groups in total. The van der Waals surface area contributed by atoms with Crippen molar-refractivity contribution in [2.75, 3.05) is 33.4 Å². The van der Waals surface area contributed by atoms with Gasteiger partial charge in [0.1, 0.15) is 0 Å². The molecule has 0 aliphatic rings. The van der Waals surface area contributed by atoms with Gasteiger partial charge in [0.25, 0.3) is 0 Å². The van der Waals surface area contributed by atoms with Gasteiger partial charge in [-0.2, -0.15) is 0 Å². The van der Waals surface area contributed by atoms with Crippen LogP contribution < -0.4 is 10.6 Å². The van der Waals surface area contributed by atoms with E-state index in [2.05, 4.69) is 17.2 Å². The molecule has 0 aliphatic carbocycles. The lowest BCUT2D eigenvalue weighted by Crippen LogP contribution is -2.32. The van der Waals surface area contributed by atoms with Crippen LogP contribution in [0.1, 0.15) is 19.3 Å². The van der Waals surface area contributed by atoms with E-state index in [0.29, 0.717) is 19.6 Å². The van der Waals surface area contributed by atoms with Gasteiger partial charge in [0.15, 0.2) is 0 Å². The monoisotopic (exact) mass is 286 g/mol. The Labute approximate surface area is 116 Å². The van der Waals surface area contributed by atoms with Crippen molar-refractivity contribution in [1.29, 1.82) is 0 Å². The standard InChI is InChI=1S/C11H22N2O2.2ClH/c1-3-4-5-6-11(14)13-8-7-12-9-10-15-2;;/h3,12H,1,4-10H2,2H3,(H,13,14);2*1H. The first-order chi connectivity index (χ1) is 7.31. The lowest BCUT2D eigenvalue weighted by atomic mass is 10.2. The third-order valence-electron chi connectivity index (χ3n) is 1.92. The predicted octanol–water partition coefficient (Wildman–Crippen LogP) is 1.54. The summed E-state index contributed by atoms with van der Waals surface area (Å²) in [6, 6.07) is 0. The van der Waals surface area contributed by atoms with Gasteiger partial charge >= 0.3 is 0 Å². The Morgan fingerprint density at radius 1 is 1.29 bits per heavy atom. The first kappa shape index (κ1) is 21.9. The summed E-state index contributed by atoms with van der Waals surface area (Å²) >= 11 is 0. The molecule has 0 atom stereocenters. The van der Waals surface area contributed by atoms with E-state index >= 15 is 0 Å². The van der Waals surface area contributed by atoms with E-state index in [0.717, 1.165) is 25.9 Å². The topological polar surface area (TPSA) is 50.4 Å². The molecule has 0 heterocycles. The number of rotatable bonds is 10. The van der Waals surface area contributed by atoms with E-state index in [1.165, 1.54) is 0 Å². The Bertz CT molecular complexity index is 181. The fourth-order valence-corrected chi connectivity index (χ4v) is 1.08. The van der Waals surface area contributed by atoms with Gasteiger partial charge in [0.05, 0.1) is 6.61 Å². The van der Waals surface area contributed by atoms with Gasteiger partial charge in [-0.3, -0.25) is 4.79 Å². The lowest BCUT2D eigenvalue weighted by Gasteiger charge is -2.05. The van der Waals surface area contributed by atoms with Gasteiger partial charge in [-0.25, -0.2) is 0 Å². The largest absolute Gasteiger partial charge is 0.383 e. The van der Waals surface area contributed by atoms with Crippen molar-refractivity contribution >= 4 is 30.7 Å². The highest BCUT2D eigenvalue weighted by Gasteiger charge is 1.98. The molecule has 0 rings (SSSR count). The van der Waals surface area contributed by atoms with Crippen LogP contribution in [-0.4, -0.2) is 39.3 Å². The second-order valence-electron chi connectivity index (χ2n) is 3.27. The molecule has 0 aliphatic heterocycles. The Morgan fingerprint density at radius 3 is 2.59 bits per heavy atom. The molecule has 0 aromatic rings. The van der Waals surface area contributed by atoms with Gasteiger partial charge in [-0.1, -0.05) is 6.08 Å². The number of hydrogen-bond donors (Lipinski definition) is 2. The molecular formula is C11H24Cl2N2O2. The van der Waals surface area contributed by atoms with Gasteiger partial charge in [-0.15, -0.1) is 31.4 Å². The number of allylic oxidation sites excluding steroid dienone is 1. The van der Waals surface area contributed by atoms with Gasteiger partial charge in [-0.05, 0) is 12.8 Å². The van der Waals surface area contributed by atoms with Crippen LogP contribution in [0, 0.1) is 0 Å².